The maximum Gasteiger partial charge on any atom is 0.223 e. The molecule has 1 saturated carbocycles. The van der Waals surface area contributed by atoms with Crippen molar-refractivity contribution in [2.45, 2.75) is 64.5 Å². The molecule has 0 aromatic heterocycles. The fourth-order valence-electron chi connectivity index (χ4n) is 3.59. The summed E-state index contributed by atoms with van der Waals surface area (Å²) in [6, 6.07) is 0.805. The van der Waals surface area contributed by atoms with Gasteiger partial charge in [0.1, 0.15) is 0 Å². The van der Waals surface area contributed by atoms with Gasteiger partial charge in [-0.05, 0) is 57.5 Å². The Hall–Kier alpha value is -0.610. The molecule has 1 unspecified atom stereocenters. The molecule has 116 valence electrons. The number of nitrogens with two attached hydrogens (primary N) is 1. The molecule has 0 aromatic rings. The Kier molecular flexibility index (Phi) is 5.85. The van der Waals surface area contributed by atoms with Crippen LogP contribution in [-0.2, 0) is 4.79 Å². The molecule has 1 aliphatic carbocycles. The van der Waals surface area contributed by atoms with E-state index in [4.69, 9.17) is 5.73 Å². The fraction of sp³-hybridized carbons (Fsp3) is 0.938. The van der Waals surface area contributed by atoms with Gasteiger partial charge in [-0.2, -0.15) is 0 Å². The number of likely N-dealkylation sites (tertiary alicyclic amines) is 1. The van der Waals surface area contributed by atoms with Gasteiger partial charge in [0.05, 0.1) is 0 Å². The summed E-state index contributed by atoms with van der Waals surface area (Å²) in [5.41, 5.74) is 5.90. The largest absolute Gasteiger partial charge is 0.354 e. The molecule has 1 heterocycles. The van der Waals surface area contributed by atoms with E-state index in [1.807, 2.05) is 0 Å². The molecule has 0 spiro atoms. The molecule has 1 saturated heterocycles. The number of nitrogens with one attached hydrogen (secondary N) is 1. The van der Waals surface area contributed by atoms with Crippen molar-refractivity contribution in [1.82, 2.24) is 10.2 Å². The average molecular weight is 281 g/mol. The number of rotatable bonds is 5. The molecule has 2 fully saturated rings. The zero-order valence-electron chi connectivity index (χ0n) is 13.1. The first-order valence-electron chi connectivity index (χ1n) is 8.35. The number of amides is 1. The van der Waals surface area contributed by atoms with Crippen molar-refractivity contribution in [3.63, 3.8) is 0 Å². The van der Waals surface area contributed by atoms with Crippen LogP contribution in [0.2, 0.25) is 0 Å². The van der Waals surface area contributed by atoms with Gasteiger partial charge < -0.3 is 11.1 Å². The minimum absolute atomic E-state index is 0.196. The van der Waals surface area contributed by atoms with E-state index in [1.54, 1.807) is 0 Å². The zero-order valence-corrected chi connectivity index (χ0v) is 13.1. The van der Waals surface area contributed by atoms with Crippen LogP contribution in [0.4, 0.5) is 0 Å². The summed E-state index contributed by atoms with van der Waals surface area (Å²) in [7, 11) is 0. The quantitative estimate of drug-likeness (QED) is 0.807. The van der Waals surface area contributed by atoms with E-state index < -0.39 is 0 Å². The Morgan fingerprint density at radius 3 is 2.35 bits per heavy atom. The topological polar surface area (TPSA) is 58.4 Å². The highest BCUT2D eigenvalue weighted by molar-refractivity contribution is 5.78. The van der Waals surface area contributed by atoms with Crippen LogP contribution in [-0.4, -0.2) is 42.5 Å². The summed E-state index contributed by atoms with van der Waals surface area (Å²) < 4.78 is 0. The fourth-order valence-corrected chi connectivity index (χ4v) is 3.59. The monoisotopic (exact) mass is 281 g/mol. The molecule has 1 aliphatic heterocycles. The van der Waals surface area contributed by atoms with E-state index in [0.717, 1.165) is 32.2 Å². The third-order valence-corrected chi connectivity index (χ3v) is 5.01. The Labute approximate surface area is 123 Å². The summed E-state index contributed by atoms with van der Waals surface area (Å²) in [5, 5.41) is 3.20. The van der Waals surface area contributed by atoms with Crippen molar-refractivity contribution in [2.24, 2.45) is 17.6 Å². The molecule has 0 aromatic carbocycles. The van der Waals surface area contributed by atoms with Gasteiger partial charge in [-0.15, -0.1) is 0 Å². The molecule has 0 radical (unpaired) electrons. The molecule has 0 bridgehead atoms. The predicted octanol–water partition coefficient (Wildman–Crippen LogP) is 1.74. The van der Waals surface area contributed by atoms with Crippen LogP contribution in [0.3, 0.4) is 0 Å². The van der Waals surface area contributed by atoms with E-state index in [2.05, 4.69) is 24.1 Å². The first-order chi connectivity index (χ1) is 9.58. The highest BCUT2D eigenvalue weighted by atomic mass is 16.1. The number of hydrogen-bond acceptors (Lipinski definition) is 3. The lowest BCUT2D eigenvalue weighted by atomic mass is 9.86. The second-order valence-corrected chi connectivity index (χ2v) is 6.91. The molecule has 4 heteroatoms. The third kappa shape index (κ3) is 4.19. The van der Waals surface area contributed by atoms with Crippen LogP contribution >= 0.6 is 0 Å². The molecule has 20 heavy (non-hydrogen) atoms. The van der Waals surface area contributed by atoms with Gasteiger partial charge >= 0.3 is 0 Å². The second kappa shape index (κ2) is 7.41. The van der Waals surface area contributed by atoms with Crippen LogP contribution in [0, 0.1) is 11.8 Å². The minimum atomic E-state index is 0.196. The van der Waals surface area contributed by atoms with Gasteiger partial charge in [0.2, 0.25) is 5.91 Å². The highest BCUT2D eigenvalue weighted by Crippen LogP contribution is 2.23. The Bertz CT molecular complexity index is 305. The van der Waals surface area contributed by atoms with Crippen LogP contribution in [0.25, 0.3) is 0 Å². The number of carbonyl (C=O) groups excluding carboxylic acids is 1. The SMILES string of the molecule is CC(C)C(CNC(=O)C1CCC(N)CC1)N1CCCC1. The molecule has 3 N–H and O–H groups in total. The molecule has 2 aliphatic rings. The van der Waals surface area contributed by atoms with Crippen molar-refractivity contribution in [2.75, 3.05) is 19.6 Å². The summed E-state index contributed by atoms with van der Waals surface area (Å²) in [6.45, 7) is 7.70. The van der Waals surface area contributed by atoms with Crippen molar-refractivity contribution in [1.29, 1.82) is 0 Å². The zero-order chi connectivity index (χ0) is 14.5. The van der Waals surface area contributed by atoms with Gasteiger partial charge in [0.25, 0.3) is 0 Å². The Morgan fingerprint density at radius 2 is 1.80 bits per heavy atom. The lowest BCUT2D eigenvalue weighted by Crippen LogP contribution is -2.47. The molecule has 1 amide bonds. The highest BCUT2D eigenvalue weighted by Gasteiger charge is 2.28. The summed E-state index contributed by atoms with van der Waals surface area (Å²) >= 11 is 0. The summed E-state index contributed by atoms with van der Waals surface area (Å²) in [5.74, 6) is 1.04. The van der Waals surface area contributed by atoms with E-state index in [-0.39, 0.29) is 11.8 Å². The van der Waals surface area contributed by atoms with Crippen molar-refractivity contribution < 1.29 is 4.79 Å². The molecular weight excluding hydrogens is 250 g/mol. The van der Waals surface area contributed by atoms with Gasteiger partial charge in [-0.3, -0.25) is 9.69 Å². The predicted molar refractivity (Wildman–Crippen MR) is 82.4 cm³/mol. The van der Waals surface area contributed by atoms with Crippen molar-refractivity contribution >= 4 is 5.91 Å². The van der Waals surface area contributed by atoms with Gasteiger partial charge in [0.15, 0.2) is 0 Å². The minimum Gasteiger partial charge on any atom is -0.354 e. The van der Waals surface area contributed by atoms with Crippen LogP contribution in [0.5, 0.6) is 0 Å². The Morgan fingerprint density at radius 1 is 1.20 bits per heavy atom. The van der Waals surface area contributed by atoms with Crippen LogP contribution in [0.1, 0.15) is 52.4 Å². The lowest BCUT2D eigenvalue weighted by molar-refractivity contribution is -0.126. The second-order valence-electron chi connectivity index (χ2n) is 6.91. The average Bonchev–Trinajstić information content (AvgIpc) is 2.93. The summed E-state index contributed by atoms with van der Waals surface area (Å²) in [6.07, 6.45) is 6.52. The van der Waals surface area contributed by atoms with Crippen molar-refractivity contribution in [3.05, 3.63) is 0 Å². The summed E-state index contributed by atoms with van der Waals surface area (Å²) in [4.78, 5) is 14.8. The van der Waals surface area contributed by atoms with Gasteiger partial charge in [-0.25, -0.2) is 0 Å². The smallest absolute Gasteiger partial charge is 0.223 e. The molecule has 4 nitrogen and oxygen atoms in total. The van der Waals surface area contributed by atoms with Crippen molar-refractivity contribution in [3.8, 4) is 0 Å². The third-order valence-electron chi connectivity index (χ3n) is 5.01. The number of carbonyl (C=O) groups is 1. The van der Waals surface area contributed by atoms with E-state index >= 15 is 0 Å². The van der Waals surface area contributed by atoms with Crippen LogP contribution in [0.15, 0.2) is 0 Å². The number of nitrogens with zero attached hydrogens (tertiary/aromatic N) is 1. The maximum absolute atomic E-state index is 12.3. The van der Waals surface area contributed by atoms with Gasteiger partial charge in [0, 0.05) is 24.5 Å². The first-order valence-corrected chi connectivity index (χ1v) is 8.35. The van der Waals surface area contributed by atoms with Crippen LogP contribution < -0.4 is 11.1 Å². The lowest BCUT2D eigenvalue weighted by Gasteiger charge is -2.32. The molecular formula is C16H31N3O. The molecule has 1 atom stereocenters. The van der Waals surface area contributed by atoms with E-state index in [1.165, 1.54) is 25.9 Å². The standard InChI is InChI=1S/C16H31N3O/c1-12(2)15(19-9-3-4-10-19)11-18-16(20)13-5-7-14(17)8-6-13/h12-15H,3-11,17H2,1-2H3,(H,18,20). The Balaban J connectivity index is 1.78. The molecule has 2 rings (SSSR count). The first kappa shape index (κ1) is 15.8. The normalized spacial score (nSPS) is 29.6. The van der Waals surface area contributed by atoms with E-state index in [0.29, 0.717) is 18.0 Å². The van der Waals surface area contributed by atoms with Gasteiger partial charge in [-0.1, -0.05) is 13.8 Å². The van der Waals surface area contributed by atoms with E-state index in [9.17, 15) is 4.79 Å². The maximum atomic E-state index is 12.3. The number of hydrogen-bond donors (Lipinski definition) is 2.